The molecule has 0 spiro atoms. The van der Waals surface area contributed by atoms with Gasteiger partial charge in [-0.1, -0.05) is 62.9 Å². The summed E-state index contributed by atoms with van der Waals surface area (Å²) in [6.45, 7) is 8.00. The fourth-order valence-corrected chi connectivity index (χ4v) is 4.94. The molecule has 1 aromatic heterocycles. The summed E-state index contributed by atoms with van der Waals surface area (Å²) in [5.41, 5.74) is 3.70. The number of nitrogens with zero attached hydrogens (tertiary/aromatic N) is 3. The van der Waals surface area contributed by atoms with E-state index in [4.69, 9.17) is 10.1 Å². The second kappa shape index (κ2) is 9.23. The number of para-hydroxylation sites is 1. The Labute approximate surface area is 209 Å². The molecule has 0 fully saturated rings. The molecule has 178 valence electrons. The van der Waals surface area contributed by atoms with E-state index in [1.54, 1.807) is 17.2 Å². The number of rotatable bonds is 6. The molecule has 7 heteroatoms. The van der Waals surface area contributed by atoms with E-state index in [0.717, 1.165) is 35.2 Å². The van der Waals surface area contributed by atoms with Crippen molar-refractivity contribution in [2.45, 2.75) is 39.2 Å². The number of aryl methyl sites for hydroxylation is 1. The molecule has 2 aliphatic rings. The molecule has 1 amide bonds. The summed E-state index contributed by atoms with van der Waals surface area (Å²) in [6.07, 6.45) is 6.44. The van der Waals surface area contributed by atoms with Crippen molar-refractivity contribution in [2.75, 3.05) is 6.61 Å². The van der Waals surface area contributed by atoms with Crippen molar-refractivity contribution >= 4 is 45.7 Å². The first-order chi connectivity index (χ1) is 16.8. The first kappa shape index (κ1) is 23.2. The summed E-state index contributed by atoms with van der Waals surface area (Å²) in [4.78, 5) is 18.4. The van der Waals surface area contributed by atoms with Crippen LogP contribution in [0.1, 0.15) is 38.3 Å². The van der Waals surface area contributed by atoms with E-state index in [1.165, 1.54) is 17.3 Å². The van der Waals surface area contributed by atoms with Crippen LogP contribution in [-0.4, -0.2) is 33.0 Å². The smallest absolute Gasteiger partial charge is 0.283 e. The van der Waals surface area contributed by atoms with Gasteiger partial charge in [0.2, 0.25) is 0 Å². The number of hydrogen-bond acceptors (Lipinski definition) is 4. The molecule has 0 aliphatic carbocycles. The number of hydrogen-bond donors (Lipinski definition) is 1. The average Bonchev–Trinajstić information content (AvgIpc) is 3.44. The SMILES string of the molecule is CC(C)(C)c1ccc(OCCCn2cc(C=C3C(=N)N4C=CSC4=NC3=O)c3ccccc32)cc1. The van der Waals surface area contributed by atoms with Crippen LogP contribution < -0.4 is 4.74 Å². The lowest BCUT2D eigenvalue weighted by atomic mass is 9.87. The Morgan fingerprint density at radius 2 is 1.89 bits per heavy atom. The van der Waals surface area contributed by atoms with Crippen molar-refractivity contribution in [1.82, 2.24) is 9.47 Å². The van der Waals surface area contributed by atoms with E-state index in [9.17, 15) is 4.79 Å². The maximum Gasteiger partial charge on any atom is 0.283 e. The molecular formula is C28H28N4O2S. The van der Waals surface area contributed by atoms with E-state index in [0.29, 0.717) is 17.3 Å². The van der Waals surface area contributed by atoms with Crippen LogP contribution >= 0.6 is 11.8 Å². The lowest BCUT2D eigenvalue weighted by Gasteiger charge is -2.22. The summed E-state index contributed by atoms with van der Waals surface area (Å²) >= 11 is 1.35. The number of amides is 1. The van der Waals surface area contributed by atoms with Crippen molar-refractivity contribution in [2.24, 2.45) is 4.99 Å². The zero-order valence-corrected chi connectivity index (χ0v) is 20.9. The fraction of sp³-hybridized carbons (Fsp3) is 0.250. The quantitative estimate of drug-likeness (QED) is 0.335. The largest absolute Gasteiger partial charge is 0.494 e. The molecule has 3 heterocycles. The second-order valence-corrected chi connectivity index (χ2v) is 10.5. The first-order valence-electron chi connectivity index (χ1n) is 11.7. The monoisotopic (exact) mass is 484 g/mol. The zero-order valence-electron chi connectivity index (χ0n) is 20.1. The number of benzene rings is 2. The van der Waals surface area contributed by atoms with Crippen LogP contribution in [0, 0.1) is 5.41 Å². The second-order valence-electron chi connectivity index (χ2n) is 9.65. The van der Waals surface area contributed by atoms with Crippen molar-refractivity contribution in [3.8, 4) is 5.75 Å². The van der Waals surface area contributed by atoms with Gasteiger partial charge in [-0.15, -0.1) is 0 Å². The summed E-state index contributed by atoms with van der Waals surface area (Å²) < 4.78 is 8.16. The highest BCUT2D eigenvalue weighted by Gasteiger charge is 2.31. The summed E-state index contributed by atoms with van der Waals surface area (Å²) in [7, 11) is 0. The van der Waals surface area contributed by atoms with Crippen LogP contribution in [0.25, 0.3) is 17.0 Å². The van der Waals surface area contributed by atoms with Gasteiger partial charge in [-0.05, 0) is 47.1 Å². The zero-order chi connectivity index (χ0) is 24.6. The lowest BCUT2D eigenvalue weighted by Crippen LogP contribution is -2.35. The topological polar surface area (TPSA) is 70.7 Å². The highest BCUT2D eigenvalue weighted by atomic mass is 32.2. The Balaban J connectivity index is 1.31. The first-order valence-corrected chi connectivity index (χ1v) is 12.6. The molecule has 2 aliphatic heterocycles. The molecule has 0 bridgehead atoms. The molecule has 0 unspecified atom stereocenters. The van der Waals surface area contributed by atoms with Gasteiger partial charge in [0.15, 0.2) is 5.17 Å². The van der Waals surface area contributed by atoms with E-state index < -0.39 is 0 Å². The standard InChI is InChI=1S/C28H28N4O2S/c1-28(2,3)20-9-11-21(12-10-20)34-15-6-13-31-18-19(22-7-4-5-8-24(22)31)17-23-25(29)32-14-16-35-27(32)30-26(23)33/h4-5,7-12,14,16-18,29H,6,13,15H2,1-3H3. The number of carbonyl (C=O) groups excluding carboxylic acids is 1. The number of fused-ring (bicyclic) bond motifs is 2. The van der Waals surface area contributed by atoms with Crippen LogP contribution in [0.2, 0.25) is 0 Å². The maximum absolute atomic E-state index is 12.6. The molecule has 2 aromatic carbocycles. The van der Waals surface area contributed by atoms with Crippen LogP contribution in [0.3, 0.4) is 0 Å². The van der Waals surface area contributed by atoms with Gasteiger partial charge in [0.05, 0.1) is 12.2 Å². The number of carbonyl (C=O) groups is 1. The normalized spacial score (nSPS) is 16.8. The lowest BCUT2D eigenvalue weighted by molar-refractivity contribution is -0.114. The number of aliphatic imine (C=N–C) groups is 1. The molecule has 3 aromatic rings. The van der Waals surface area contributed by atoms with Crippen molar-refractivity contribution < 1.29 is 9.53 Å². The summed E-state index contributed by atoms with van der Waals surface area (Å²) in [5.74, 6) is 0.660. The third-order valence-corrected chi connectivity index (χ3v) is 6.92. The fourth-order valence-electron chi connectivity index (χ4n) is 4.24. The van der Waals surface area contributed by atoms with Gasteiger partial charge in [0.1, 0.15) is 11.6 Å². The predicted molar refractivity (Wildman–Crippen MR) is 144 cm³/mol. The number of amidine groups is 2. The Bertz CT molecular complexity index is 1390. The Morgan fingerprint density at radius 1 is 1.11 bits per heavy atom. The molecular weight excluding hydrogens is 456 g/mol. The molecule has 35 heavy (non-hydrogen) atoms. The number of nitrogens with one attached hydrogen (secondary N) is 1. The number of ether oxygens (including phenoxy) is 1. The highest BCUT2D eigenvalue weighted by Crippen LogP contribution is 2.30. The van der Waals surface area contributed by atoms with Gasteiger partial charge in [-0.25, -0.2) is 0 Å². The van der Waals surface area contributed by atoms with Crippen LogP contribution in [-0.2, 0) is 16.8 Å². The van der Waals surface area contributed by atoms with Gasteiger partial charge in [-0.3, -0.25) is 15.1 Å². The van der Waals surface area contributed by atoms with Crippen molar-refractivity contribution in [1.29, 1.82) is 5.41 Å². The molecule has 0 radical (unpaired) electrons. The molecule has 0 saturated heterocycles. The van der Waals surface area contributed by atoms with E-state index in [1.807, 2.05) is 41.9 Å². The molecule has 5 rings (SSSR count). The highest BCUT2D eigenvalue weighted by molar-refractivity contribution is 8.16. The van der Waals surface area contributed by atoms with Crippen LogP contribution in [0.15, 0.2) is 76.9 Å². The van der Waals surface area contributed by atoms with Gasteiger partial charge >= 0.3 is 0 Å². The van der Waals surface area contributed by atoms with Crippen LogP contribution in [0.4, 0.5) is 0 Å². The number of aromatic nitrogens is 1. The molecule has 0 saturated carbocycles. The Morgan fingerprint density at radius 3 is 2.66 bits per heavy atom. The van der Waals surface area contributed by atoms with Gasteiger partial charge < -0.3 is 9.30 Å². The minimum atomic E-state index is -0.375. The van der Waals surface area contributed by atoms with Gasteiger partial charge in [0.25, 0.3) is 5.91 Å². The summed E-state index contributed by atoms with van der Waals surface area (Å²) in [6, 6.07) is 16.5. The Hall–Kier alpha value is -3.58. The van der Waals surface area contributed by atoms with Gasteiger partial charge in [0, 0.05) is 35.4 Å². The third-order valence-electron chi connectivity index (χ3n) is 6.16. The minimum absolute atomic E-state index is 0.126. The van der Waals surface area contributed by atoms with E-state index >= 15 is 0 Å². The molecule has 6 nitrogen and oxygen atoms in total. The minimum Gasteiger partial charge on any atom is -0.494 e. The third kappa shape index (κ3) is 4.68. The maximum atomic E-state index is 12.6. The summed E-state index contributed by atoms with van der Waals surface area (Å²) in [5, 5.41) is 11.9. The average molecular weight is 485 g/mol. The predicted octanol–water partition coefficient (Wildman–Crippen LogP) is 6.18. The van der Waals surface area contributed by atoms with E-state index in [-0.39, 0.29) is 17.2 Å². The van der Waals surface area contributed by atoms with Crippen LogP contribution in [0.5, 0.6) is 5.75 Å². The Kier molecular flexibility index (Phi) is 6.11. The van der Waals surface area contributed by atoms with Crippen molar-refractivity contribution in [3.05, 3.63) is 83.0 Å². The molecule has 1 N–H and O–H groups in total. The van der Waals surface area contributed by atoms with Gasteiger partial charge in [-0.2, -0.15) is 4.99 Å². The number of thioether (sulfide) groups is 1. The molecule has 0 atom stereocenters. The van der Waals surface area contributed by atoms with Crippen molar-refractivity contribution in [3.63, 3.8) is 0 Å². The van der Waals surface area contributed by atoms with E-state index in [2.05, 4.69) is 48.5 Å².